The maximum absolute atomic E-state index is 11.4. The SMILES string of the molecule is C[C@]1(Cn2cc3cccnc3n2)CCCC2(CNC(=O)O2)C1. The van der Waals surface area contributed by atoms with Gasteiger partial charge in [0.15, 0.2) is 5.65 Å². The molecule has 2 aliphatic rings. The predicted molar refractivity (Wildman–Crippen MR) is 81.3 cm³/mol. The van der Waals surface area contributed by atoms with E-state index in [1.54, 1.807) is 6.20 Å². The molecule has 2 atom stereocenters. The van der Waals surface area contributed by atoms with Crippen LogP contribution in [-0.4, -0.2) is 33.0 Å². The van der Waals surface area contributed by atoms with E-state index in [4.69, 9.17) is 4.74 Å². The molecule has 6 nitrogen and oxygen atoms in total. The molecular weight excluding hydrogens is 280 g/mol. The van der Waals surface area contributed by atoms with Gasteiger partial charge in [-0.1, -0.05) is 6.92 Å². The van der Waals surface area contributed by atoms with Crippen LogP contribution >= 0.6 is 0 Å². The minimum absolute atomic E-state index is 0.0760. The monoisotopic (exact) mass is 300 g/mol. The Kier molecular flexibility index (Phi) is 2.89. The zero-order chi connectivity index (χ0) is 15.2. The number of amides is 1. The Balaban J connectivity index is 1.56. The van der Waals surface area contributed by atoms with E-state index < -0.39 is 0 Å². The summed E-state index contributed by atoms with van der Waals surface area (Å²) in [4.78, 5) is 15.7. The normalized spacial score (nSPS) is 31.4. The molecule has 0 radical (unpaired) electrons. The summed E-state index contributed by atoms with van der Waals surface area (Å²) in [5, 5.41) is 8.43. The first-order valence-corrected chi connectivity index (χ1v) is 7.81. The first kappa shape index (κ1) is 13.5. The first-order valence-electron chi connectivity index (χ1n) is 7.81. The summed E-state index contributed by atoms with van der Waals surface area (Å²) in [5.74, 6) is 0. The highest BCUT2D eigenvalue weighted by Gasteiger charge is 2.48. The quantitative estimate of drug-likeness (QED) is 0.925. The minimum atomic E-state index is -0.324. The van der Waals surface area contributed by atoms with Crippen molar-refractivity contribution in [2.45, 2.75) is 44.8 Å². The molecule has 1 amide bonds. The fourth-order valence-electron chi connectivity index (χ4n) is 4.04. The largest absolute Gasteiger partial charge is 0.441 e. The van der Waals surface area contributed by atoms with Crippen LogP contribution in [0.4, 0.5) is 4.79 Å². The van der Waals surface area contributed by atoms with Crippen LogP contribution in [0, 0.1) is 5.41 Å². The van der Waals surface area contributed by atoms with Crippen LogP contribution in [0.2, 0.25) is 0 Å². The third kappa shape index (κ3) is 2.32. The molecule has 0 bridgehead atoms. The van der Waals surface area contributed by atoms with Gasteiger partial charge in [-0.3, -0.25) is 4.68 Å². The average molecular weight is 300 g/mol. The van der Waals surface area contributed by atoms with E-state index in [1.807, 2.05) is 23.0 Å². The fourth-order valence-corrected chi connectivity index (χ4v) is 4.04. The molecule has 2 aromatic rings. The third-order valence-corrected chi connectivity index (χ3v) is 4.90. The second-order valence-electron chi connectivity index (χ2n) is 7.01. The summed E-state index contributed by atoms with van der Waals surface area (Å²) in [7, 11) is 0. The maximum Gasteiger partial charge on any atom is 0.407 e. The van der Waals surface area contributed by atoms with E-state index in [-0.39, 0.29) is 17.1 Å². The van der Waals surface area contributed by atoms with Gasteiger partial charge < -0.3 is 10.1 Å². The van der Waals surface area contributed by atoms with E-state index >= 15 is 0 Å². The van der Waals surface area contributed by atoms with Crippen molar-refractivity contribution in [2.24, 2.45) is 5.41 Å². The molecule has 0 aromatic carbocycles. The van der Waals surface area contributed by atoms with E-state index in [0.717, 1.165) is 43.3 Å². The second kappa shape index (κ2) is 4.69. The van der Waals surface area contributed by atoms with Gasteiger partial charge in [-0.2, -0.15) is 5.10 Å². The summed E-state index contributed by atoms with van der Waals surface area (Å²) in [6.07, 6.45) is 7.56. The van der Waals surface area contributed by atoms with Gasteiger partial charge in [-0.25, -0.2) is 9.78 Å². The Bertz CT molecular complexity index is 695. The number of carbonyl (C=O) groups is 1. The lowest BCUT2D eigenvalue weighted by atomic mass is 9.68. The number of pyridine rings is 1. The van der Waals surface area contributed by atoms with Crippen molar-refractivity contribution < 1.29 is 9.53 Å². The van der Waals surface area contributed by atoms with Gasteiger partial charge in [0.25, 0.3) is 0 Å². The molecule has 1 unspecified atom stereocenters. The van der Waals surface area contributed by atoms with Crippen LogP contribution in [-0.2, 0) is 11.3 Å². The number of fused-ring (bicyclic) bond motifs is 1. The van der Waals surface area contributed by atoms with Crippen molar-refractivity contribution >= 4 is 17.1 Å². The van der Waals surface area contributed by atoms with Crippen LogP contribution in [0.1, 0.15) is 32.6 Å². The summed E-state index contributed by atoms with van der Waals surface area (Å²) in [6.45, 7) is 3.71. The lowest BCUT2D eigenvalue weighted by Crippen LogP contribution is -2.44. The molecule has 3 heterocycles. The molecule has 1 aliphatic heterocycles. The number of nitrogens with zero attached hydrogens (tertiary/aromatic N) is 3. The van der Waals surface area contributed by atoms with Crippen LogP contribution in [0.15, 0.2) is 24.5 Å². The number of rotatable bonds is 2. The molecule has 22 heavy (non-hydrogen) atoms. The number of hydrogen-bond acceptors (Lipinski definition) is 4. The highest BCUT2D eigenvalue weighted by Crippen LogP contribution is 2.45. The molecule has 1 N–H and O–H groups in total. The number of nitrogens with one attached hydrogen (secondary N) is 1. The lowest BCUT2D eigenvalue weighted by molar-refractivity contribution is -0.0278. The van der Waals surface area contributed by atoms with Crippen LogP contribution < -0.4 is 5.32 Å². The van der Waals surface area contributed by atoms with Crippen LogP contribution in [0.25, 0.3) is 11.0 Å². The van der Waals surface area contributed by atoms with E-state index in [0.29, 0.717) is 6.54 Å². The zero-order valence-electron chi connectivity index (χ0n) is 12.7. The number of alkyl carbamates (subject to hydrolysis) is 1. The Morgan fingerprint density at radius 2 is 2.36 bits per heavy atom. The van der Waals surface area contributed by atoms with Gasteiger partial charge in [-0.15, -0.1) is 0 Å². The average Bonchev–Trinajstić information content (AvgIpc) is 3.01. The Labute approximate surface area is 128 Å². The molecule has 2 fully saturated rings. The number of carbonyl (C=O) groups excluding carboxylic acids is 1. The predicted octanol–water partition coefficient (Wildman–Crippen LogP) is 2.49. The standard InChI is InChI=1S/C16H20N4O2/c1-15(5-3-6-16(9-15)10-18-14(21)22-16)11-20-8-12-4-2-7-17-13(12)19-20/h2,4,7-8H,3,5-6,9-11H2,1H3,(H,18,21)/t15-,16?/m0/s1. The molecular formula is C16H20N4O2. The van der Waals surface area contributed by atoms with Gasteiger partial charge in [-0.05, 0) is 43.2 Å². The molecule has 4 rings (SSSR count). The summed E-state index contributed by atoms with van der Waals surface area (Å²) in [5.41, 5.74) is 0.534. The maximum atomic E-state index is 11.4. The Morgan fingerprint density at radius 3 is 3.14 bits per heavy atom. The molecule has 2 aromatic heterocycles. The third-order valence-electron chi connectivity index (χ3n) is 4.90. The summed E-state index contributed by atoms with van der Waals surface area (Å²) in [6, 6.07) is 3.95. The van der Waals surface area contributed by atoms with E-state index in [9.17, 15) is 4.79 Å². The van der Waals surface area contributed by atoms with Gasteiger partial charge in [0.1, 0.15) is 5.60 Å². The smallest absolute Gasteiger partial charge is 0.407 e. The summed E-state index contributed by atoms with van der Waals surface area (Å²) < 4.78 is 7.58. The van der Waals surface area contributed by atoms with E-state index in [2.05, 4.69) is 22.3 Å². The van der Waals surface area contributed by atoms with Gasteiger partial charge >= 0.3 is 6.09 Å². The fraction of sp³-hybridized carbons (Fsp3) is 0.562. The minimum Gasteiger partial charge on any atom is -0.441 e. The van der Waals surface area contributed by atoms with Crippen LogP contribution in [0.3, 0.4) is 0 Å². The number of ether oxygens (including phenoxy) is 1. The van der Waals surface area contributed by atoms with Gasteiger partial charge in [0.2, 0.25) is 0 Å². The summed E-state index contributed by atoms with van der Waals surface area (Å²) >= 11 is 0. The highest BCUT2D eigenvalue weighted by molar-refractivity contribution is 5.73. The molecule has 1 saturated carbocycles. The highest BCUT2D eigenvalue weighted by atomic mass is 16.6. The molecule has 1 spiro atoms. The van der Waals surface area contributed by atoms with E-state index in [1.165, 1.54) is 0 Å². The molecule has 116 valence electrons. The Morgan fingerprint density at radius 1 is 1.45 bits per heavy atom. The molecule has 6 heteroatoms. The van der Waals surface area contributed by atoms with Crippen molar-refractivity contribution in [2.75, 3.05) is 6.54 Å². The van der Waals surface area contributed by atoms with Gasteiger partial charge in [0.05, 0.1) is 6.54 Å². The van der Waals surface area contributed by atoms with Crippen molar-refractivity contribution in [3.8, 4) is 0 Å². The Hall–Kier alpha value is -2.11. The van der Waals surface area contributed by atoms with Crippen molar-refractivity contribution in [3.05, 3.63) is 24.5 Å². The first-order chi connectivity index (χ1) is 10.6. The molecule has 1 saturated heterocycles. The lowest BCUT2D eigenvalue weighted by Gasteiger charge is -2.42. The van der Waals surface area contributed by atoms with Gasteiger partial charge in [0, 0.05) is 24.3 Å². The topological polar surface area (TPSA) is 69.0 Å². The number of hydrogen-bond donors (Lipinski definition) is 1. The number of aromatic nitrogens is 3. The van der Waals surface area contributed by atoms with Crippen molar-refractivity contribution in [1.29, 1.82) is 0 Å². The van der Waals surface area contributed by atoms with Crippen LogP contribution in [0.5, 0.6) is 0 Å². The zero-order valence-corrected chi connectivity index (χ0v) is 12.7. The van der Waals surface area contributed by atoms with Crippen molar-refractivity contribution in [3.63, 3.8) is 0 Å². The molecule has 1 aliphatic carbocycles. The second-order valence-corrected chi connectivity index (χ2v) is 7.01. The van der Waals surface area contributed by atoms with Crippen molar-refractivity contribution in [1.82, 2.24) is 20.1 Å².